The predicted octanol–water partition coefficient (Wildman–Crippen LogP) is 4.05. The summed E-state index contributed by atoms with van der Waals surface area (Å²) >= 11 is 6.18. The number of sulfone groups is 1. The molecule has 2 aromatic carbocycles. The molecule has 7 heteroatoms. The second kappa shape index (κ2) is 5.96. The van der Waals surface area contributed by atoms with Crippen LogP contribution in [0.5, 0.6) is 5.75 Å². The number of halogens is 1. The molecule has 124 valence electrons. The lowest BCUT2D eigenvalue weighted by molar-refractivity contribution is 0.471. The highest BCUT2D eigenvalue weighted by Crippen LogP contribution is 2.37. The average Bonchev–Trinajstić information content (AvgIpc) is 2.54. The molecular weight excluding hydrogens is 348 g/mol. The van der Waals surface area contributed by atoms with Crippen molar-refractivity contribution < 1.29 is 13.5 Å². The van der Waals surface area contributed by atoms with Gasteiger partial charge in [-0.05, 0) is 30.7 Å². The number of phenolic OH excluding ortho intramolecular Hbond substituents is 1. The van der Waals surface area contributed by atoms with Gasteiger partial charge in [0.2, 0.25) is 0 Å². The van der Waals surface area contributed by atoms with Crippen molar-refractivity contribution in [3.63, 3.8) is 0 Å². The van der Waals surface area contributed by atoms with Gasteiger partial charge in [-0.1, -0.05) is 29.8 Å². The minimum Gasteiger partial charge on any atom is -0.506 e. The Morgan fingerprint density at radius 2 is 1.88 bits per heavy atom. The first-order valence-electron chi connectivity index (χ1n) is 7.12. The van der Waals surface area contributed by atoms with Crippen molar-refractivity contribution in [3.8, 4) is 5.75 Å². The third kappa shape index (κ3) is 2.90. The van der Waals surface area contributed by atoms with E-state index in [9.17, 15) is 13.5 Å². The summed E-state index contributed by atoms with van der Waals surface area (Å²) in [6.07, 6.45) is 2.68. The Morgan fingerprint density at radius 3 is 2.58 bits per heavy atom. The van der Waals surface area contributed by atoms with Crippen molar-refractivity contribution in [1.29, 1.82) is 0 Å². The molecule has 5 nitrogen and oxygen atoms in total. The lowest BCUT2D eigenvalue weighted by Crippen LogP contribution is -2.01. The molecule has 0 amide bonds. The van der Waals surface area contributed by atoms with Gasteiger partial charge in [0.1, 0.15) is 10.8 Å². The van der Waals surface area contributed by atoms with Gasteiger partial charge in [-0.3, -0.25) is 4.98 Å². The van der Waals surface area contributed by atoms with E-state index in [4.69, 9.17) is 11.6 Å². The van der Waals surface area contributed by atoms with Crippen LogP contribution in [-0.4, -0.2) is 24.8 Å². The first kappa shape index (κ1) is 16.5. The van der Waals surface area contributed by atoms with Crippen molar-refractivity contribution in [2.45, 2.75) is 11.8 Å². The Morgan fingerprint density at radius 1 is 1.12 bits per heavy atom. The molecule has 0 radical (unpaired) electrons. The number of phenols is 1. The molecule has 0 fully saturated rings. The van der Waals surface area contributed by atoms with E-state index in [0.29, 0.717) is 27.8 Å². The molecule has 0 saturated carbocycles. The second-order valence-electron chi connectivity index (χ2n) is 5.50. The maximum absolute atomic E-state index is 11.9. The number of benzene rings is 2. The monoisotopic (exact) mass is 362 g/mol. The van der Waals surface area contributed by atoms with Gasteiger partial charge >= 0.3 is 0 Å². The number of fused-ring (bicyclic) bond motifs is 1. The maximum Gasteiger partial charge on any atom is 0.177 e. The van der Waals surface area contributed by atoms with Crippen molar-refractivity contribution >= 4 is 43.7 Å². The summed E-state index contributed by atoms with van der Waals surface area (Å²) < 4.78 is 23.9. The molecule has 0 spiro atoms. The fourth-order valence-corrected chi connectivity index (χ4v) is 3.56. The van der Waals surface area contributed by atoms with Crippen molar-refractivity contribution in [2.24, 2.45) is 0 Å². The summed E-state index contributed by atoms with van der Waals surface area (Å²) in [7, 11) is -3.40. The zero-order chi connectivity index (χ0) is 17.5. The summed E-state index contributed by atoms with van der Waals surface area (Å²) in [6.45, 7) is 1.76. The summed E-state index contributed by atoms with van der Waals surface area (Å²) in [4.78, 5) is 4.37. The number of hydrogen-bond donors (Lipinski definition) is 2. The molecule has 0 unspecified atom stereocenters. The number of nitrogens with zero attached hydrogens (tertiary/aromatic N) is 1. The SMILES string of the molecule is Cc1ccc(Nc2ccnc3c(S(C)(=O)=O)cccc23)c(Cl)c1O. The molecule has 0 aliphatic rings. The van der Waals surface area contributed by atoms with E-state index in [1.165, 1.54) is 12.3 Å². The molecular formula is C17H15ClN2O3S. The molecule has 0 atom stereocenters. The Kier molecular flexibility index (Phi) is 4.11. The Labute approximate surface area is 144 Å². The van der Waals surface area contributed by atoms with Gasteiger partial charge in [0.05, 0.1) is 16.1 Å². The van der Waals surface area contributed by atoms with E-state index < -0.39 is 9.84 Å². The number of anilines is 2. The second-order valence-corrected chi connectivity index (χ2v) is 7.86. The van der Waals surface area contributed by atoms with E-state index in [0.717, 1.165) is 6.26 Å². The van der Waals surface area contributed by atoms with Gasteiger partial charge in [-0.2, -0.15) is 0 Å². The summed E-state index contributed by atoms with van der Waals surface area (Å²) in [5.74, 6) is 0.0110. The first-order chi connectivity index (χ1) is 11.3. The Balaban J connectivity index is 2.17. The molecule has 3 aromatic rings. The minimum absolute atomic E-state index is 0.0110. The highest BCUT2D eigenvalue weighted by Gasteiger charge is 2.15. The fourth-order valence-electron chi connectivity index (χ4n) is 2.46. The van der Waals surface area contributed by atoms with E-state index in [-0.39, 0.29) is 15.7 Å². The largest absolute Gasteiger partial charge is 0.506 e. The van der Waals surface area contributed by atoms with Crippen LogP contribution in [0, 0.1) is 6.92 Å². The maximum atomic E-state index is 11.9. The predicted molar refractivity (Wildman–Crippen MR) is 96.0 cm³/mol. The lowest BCUT2D eigenvalue weighted by Gasteiger charge is -2.13. The van der Waals surface area contributed by atoms with Crippen molar-refractivity contribution in [2.75, 3.05) is 11.6 Å². The van der Waals surface area contributed by atoms with Crippen LogP contribution < -0.4 is 5.32 Å². The van der Waals surface area contributed by atoms with Crippen LogP contribution in [0.3, 0.4) is 0 Å². The van der Waals surface area contributed by atoms with E-state index in [1.807, 2.05) is 0 Å². The zero-order valence-electron chi connectivity index (χ0n) is 13.0. The van der Waals surface area contributed by atoms with Crippen molar-refractivity contribution in [1.82, 2.24) is 4.98 Å². The number of aryl methyl sites for hydroxylation is 1. The normalized spacial score (nSPS) is 11.6. The number of para-hydroxylation sites is 1. The quantitative estimate of drug-likeness (QED) is 0.734. The number of rotatable bonds is 3. The third-order valence-corrected chi connectivity index (χ3v) is 5.23. The summed E-state index contributed by atoms with van der Waals surface area (Å²) in [5, 5.41) is 14.0. The van der Waals surface area contributed by atoms with Crippen LogP contribution in [-0.2, 0) is 9.84 Å². The lowest BCUT2D eigenvalue weighted by atomic mass is 10.1. The summed E-state index contributed by atoms with van der Waals surface area (Å²) in [6, 6.07) is 10.2. The highest BCUT2D eigenvalue weighted by atomic mass is 35.5. The third-order valence-electron chi connectivity index (χ3n) is 3.72. The number of nitrogens with one attached hydrogen (secondary N) is 1. The average molecular weight is 363 g/mol. The summed E-state index contributed by atoms with van der Waals surface area (Å²) in [5.41, 5.74) is 2.23. The number of aromatic nitrogens is 1. The van der Waals surface area contributed by atoms with Gasteiger partial charge in [0.15, 0.2) is 9.84 Å². The number of aromatic hydroxyl groups is 1. The van der Waals surface area contributed by atoms with Gasteiger partial charge in [0.25, 0.3) is 0 Å². The van der Waals surface area contributed by atoms with Gasteiger partial charge in [0, 0.05) is 23.5 Å². The fraction of sp³-hybridized carbons (Fsp3) is 0.118. The van der Waals surface area contributed by atoms with E-state index >= 15 is 0 Å². The Hall–Kier alpha value is -2.31. The standard InChI is InChI=1S/C17H15ClN2O3S/c1-10-6-7-13(15(18)17(10)21)20-12-8-9-19-16-11(12)4-3-5-14(16)24(2,22)23/h3-9,21H,1-2H3,(H,19,20). The van der Waals surface area contributed by atoms with E-state index in [2.05, 4.69) is 10.3 Å². The van der Waals surface area contributed by atoms with Crippen LogP contribution in [0.25, 0.3) is 10.9 Å². The topological polar surface area (TPSA) is 79.3 Å². The molecule has 0 saturated heterocycles. The first-order valence-corrected chi connectivity index (χ1v) is 9.39. The molecule has 3 rings (SSSR count). The highest BCUT2D eigenvalue weighted by molar-refractivity contribution is 7.91. The molecule has 2 N–H and O–H groups in total. The minimum atomic E-state index is -3.40. The van der Waals surface area contributed by atoms with Crippen LogP contribution in [0.1, 0.15) is 5.56 Å². The van der Waals surface area contributed by atoms with Crippen LogP contribution in [0.15, 0.2) is 47.5 Å². The van der Waals surface area contributed by atoms with Crippen LogP contribution >= 0.6 is 11.6 Å². The number of pyridine rings is 1. The number of hydrogen-bond acceptors (Lipinski definition) is 5. The Bertz CT molecular complexity index is 1050. The smallest absolute Gasteiger partial charge is 0.177 e. The molecule has 0 aliphatic heterocycles. The van der Waals surface area contributed by atoms with E-state index in [1.54, 1.807) is 37.3 Å². The molecule has 0 bridgehead atoms. The molecule has 0 aliphatic carbocycles. The zero-order valence-corrected chi connectivity index (χ0v) is 14.6. The van der Waals surface area contributed by atoms with Crippen LogP contribution in [0.4, 0.5) is 11.4 Å². The van der Waals surface area contributed by atoms with Gasteiger partial charge in [-0.25, -0.2) is 8.42 Å². The van der Waals surface area contributed by atoms with Crippen LogP contribution in [0.2, 0.25) is 5.02 Å². The van der Waals surface area contributed by atoms with Gasteiger partial charge < -0.3 is 10.4 Å². The van der Waals surface area contributed by atoms with Crippen molar-refractivity contribution in [3.05, 3.63) is 53.2 Å². The molecule has 1 aromatic heterocycles. The molecule has 24 heavy (non-hydrogen) atoms. The molecule has 1 heterocycles. The van der Waals surface area contributed by atoms with Gasteiger partial charge in [-0.15, -0.1) is 0 Å².